The standard InChI is InChI=1S/C18H15N5O3S2/c1-12-5-7-14(8-6-12)23-9-3-4-15(23)10-13(11-19)16(24)20-17-21-18(22-27-17)28(2,25)26/h3-10H,1-2H3,(H,20,21,22,24). The summed E-state index contributed by atoms with van der Waals surface area (Å²) in [6.07, 6.45) is 4.25. The SMILES string of the molecule is Cc1ccc(-n2cccc2C=C(C#N)C(=O)Nc2nc(S(C)(=O)=O)ns2)cc1. The number of amides is 1. The van der Waals surface area contributed by atoms with Crippen LogP contribution in [0.15, 0.2) is 53.3 Å². The van der Waals surface area contributed by atoms with Gasteiger partial charge < -0.3 is 4.57 Å². The van der Waals surface area contributed by atoms with Crippen molar-refractivity contribution in [2.45, 2.75) is 12.1 Å². The number of rotatable bonds is 5. The number of hydrogen-bond donors (Lipinski definition) is 1. The molecule has 0 bridgehead atoms. The summed E-state index contributed by atoms with van der Waals surface area (Å²) in [6.45, 7) is 1.99. The van der Waals surface area contributed by atoms with Crippen LogP contribution in [0.5, 0.6) is 0 Å². The summed E-state index contributed by atoms with van der Waals surface area (Å²) in [5.74, 6) is -0.699. The first-order valence-corrected chi connectivity index (χ1v) is 10.7. The molecule has 3 rings (SSSR count). The summed E-state index contributed by atoms with van der Waals surface area (Å²) in [6, 6.07) is 13.3. The van der Waals surface area contributed by atoms with Gasteiger partial charge in [0.1, 0.15) is 11.6 Å². The summed E-state index contributed by atoms with van der Waals surface area (Å²) in [7, 11) is -3.57. The molecule has 2 aromatic heterocycles. The molecule has 0 fully saturated rings. The summed E-state index contributed by atoms with van der Waals surface area (Å²) >= 11 is 0.728. The topological polar surface area (TPSA) is 118 Å². The molecule has 0 aliphatic carbocycles. The molecule has 0 aliphatic rings. The normalized spacial score (nSPS) is 11.8. The number of carbonyl (C=O) groups excluding carboxylic acids is 1. The third-order valence-corrected chi connectivity index (χ3v) is 5.30. The minimum absolute atomic E-state index is 0.000456. The zero-order valence-electron chi connectivity index (χ0n) is 14.9. The Morgan fingerprint density at radius 1 is 1.29 bits per heavy atom. The predicted octanol–water partition coefficient (Wildman–Crippen LogP) is 2.59. The van der Waals surface area contributed by atoms with E-state index in [1.165, 1.54) is 6.08 Å². The lowest BCUT2D eigenvalue weighted by Gasteiger charge is -2.07. The summed E-state index contributed by atoms with van der Waals surface area (Å²) in [5.41, 5.74) is 2.50. The van der Waals surface area contributed by atoms with E-state index in [2.05, 4.69) is 14.7 Å². The minimum Gasteiger partial charge on any atom is -0.317 e. The Hall–Kier alpha value is -3.29. The van der Waals surface area contributed by atoms with Gasteiger partial charge in [0.05, 0.1) is 0 Å². The summed E-state index contributed by atoms with van der Waals surface area (Å²) < 4.78 is 28.4. The van der Waals surface area contributed by atoms with Crippen LogP contribution in [-0.2, 0) is 14.6 Å². The number of carbonyl (C=O) groups is 1. The summed E-state index contributed by atoms with van der Waals surface area (Å²) in [5, 5.41) is 11.4. The molecule has 10 heteroatoms. The fraction of sp³-hybridized carbons (Fsp3) is 0.111. The first kappa shape index (κ1) is 19.5. The van der Waals surface area contributed by atoms with E-state index < -0.39 is 15.7 Å². The van der Waals surface area contributed by atoms with Gasteiger partial charge in [0.25, 0.3) is 11.1 Å². The molecular formula is C18H15N5O3S2. The second kappa shape index (κ2) is 7.75. The Morgan fingerprint density at radius 2 is 2.00 bits per heavy atom. The molecule has 1 amide bonds. The largest absolute Gasteiger partial charge is 0.317 e. The van der Waals surface area contributed by atoms with Crippen LogP contribution in [0.1, 0.15) is 11.3 Å². The number of anilines is 1. The van der Waals surface area contributed by atoms with Crippen molar-refractivity contribution in [1.82, 2.24) is 13.9 Å². The van der Waals surface area contributed by atoms with Gasteiger partial charge in [-0.05, 0) is 37.3 Å². The van der Waals surface area contributed by atoms with Gasteiger partial charge in [-0.25, -0.2) is 8.42 Å². The highest BCUT2D eigenvalue weighted by molar-refractivity contribution is 7.90. The van der Waals surface area contributed by atoms with Gasteiger partial charge in [0, 0.05) is 35.4 Å². The smallest absolute Gasteiger partial charge is 0.268 e. The quantitative estimate of drug-likeness (QED) is 0.507. The van der Waals surface area contributed by atoms with E-state index in [4.69, 9.17) is 0 Å². The number of nitrogens with one attached hydrogen (secondary N) is 1. The first-order chi connectivity index (χ1) is 13.3. The first-order valence-electron chi connectivity index (χ1n) is 7.99. The second-order valence-corrected chi connectivity index (χ2v) is 8.58. The van der Waals surface area contributed by atoms with Crippen molar-refractivity contribution >= 4 is 38.5 Å². The van der Waals surface area contributed by atoms with Gasteiger partial charge in [-0.2, -0.15) is 14.6 Å². The maximum atomic E-state index is 12.4. The molecule has 0 aliphatic heterocycles. The van der Waals surface area contributed by atoms with Gasteiger partial charge in [-0.15, -0.1) is 0 Å². The van der Waals surface area contributed by atoms with Crippen molar-refractivity contribution in [3.63, 3.8) is 0 Å². The number of aryl methyl sites for hydroxylation is 1. The monoisotopic (exact) mass is 413 g/mol. The van der Waals surface area contributed by atoms with Crippen molar-refractivity contribution in [1.29, 1.82) is 5.26 Å². The van der Waals surface area contributed by atoms with Gasteiger partial charge in [-0.1, -0.05) is 17.7 Å². The summed E-state index contributed by atoms with van der Waals surface area (Å²) in [4.78, 5) is 16.2. The molecule has 8 nitrogen and oxygen atoms in total. The van der Waals surface area contributed by atoms with Crippen molar-refractivity contribution < 1.29 is 13.2 Å². The number of nitrogens with zero attached hydrogens (tertiary/aromatic N) is 4. The minimum atomic E-state index is -3.57. The zero-order valence-corrected chi connectivity index (χ0v) is 16.6. The Balaban J connectivity index is 1.86. The van der Waals surface area contributed by atoms with Gasteiger partial charge in [-0.3, -0.25) is 10.1 Å². The predicted molar refractivity (Wildman–Crippen MR) is 106 cm³/mol. The van der Waals surface area contributed by atoms with Crippen molar-refractivity contribution in [2.75, 3.05) is 11.6 Å². The molecule has 0 saturated heterocycles. The van der Waals surface area contributed by atoms with Crippen LogP contribution < -0.4 is 5.32 Å². The Bertz CT molecular complexity index is 1200. The Morgan fingerprint density at radius 3 is 2.61 bits per heavy atom. The lowest BCUT2D eigenvalue weighted by atomic mass is 10.2. The van der Waals surface area contributed by atoms with Crippen LogP contribution in [-0.4, -0.2) is 34.5 Å². The lowest BCUT2D eigenvalue weighted by molar-refractivity contribution is -0.112. The van der Waals surface area contributed by atoms with Gasteiger partial charge in [0.2, 0.25) is 15.0 Å². The van der Waals surface area contributed by atoms with Crippen LogP contribution >= 0.6 is 11.5 Å². The molecule has 0 unspecified atom stereocenters. The molecule has 3 aromatic rings. The molecule has 0 saturated carbocycles. The molecule has 1 aromatic carbocycles. The zero-order chi connectivity index (χ0) is 20.3. The van der Waals surface area contributed by atoms with Crippen molar-refractivity contribution in [3.05, 3.63) is 59.4 Å². The van der Waals surface area contributed by atoms with E-state index in [1.807, 2.05) is 54.1 Å². The van der Waals surface area contributed by atoms with Crippen LogP contribution in [0.2, 0.25) is 0 Å². The van der Waals surface area contributed by atoms with E-state index in [-0.39, 0.29) is 15.9 Å². The van der Waals surface area contributed by atoms with E-state index >= 15 is 0 Å². The van der Waals surface area contributed by atoms with Crippen molar-refractivity contribution in [2.24, 2.45) is 0 Å². The highest BCUT2D eigenvalue weighted by atomic mass is 32.2. The highest BCUT2D eigenvalue weighted by Gasteiger charge is 2.17. The van der Waals surface area contributed by atoms with Crippen LogP contribution in [0.4, 0.5) is 5.13 Å². The number of aromatic nitrogens is 3. The number of hydrogen-bond acceptors (Lipinski definition) is 7. The second-order valence-electron chi connectivity index (χ2n) is 5.92. The lowest BCUT2D eigenvalue weighted by Crippen LogP contribution is -2.13. The molecule has 2 heterocycles. The number of benzene rings is 1. The fourth-order valence-electron chi connectivity index (χ4n) is 2.32. The van der Waals surface area contributed by atoms with E-state index in [9.17, 15) is 18.5 Å². The van der Waals surface area contributed by atoms with Gasteiger partial charge >= 0.3 is 0 Å². The van der Waals surface area contributed by atoms with E-state index in [1.54, 1.807) is 6.07 Å². The Labute approximate surface area is 165 Å². The molecule has 0 radical (unpaired) electrons. The molecule has 0 atom stereocenters. The molecule has 0 spiro atoms. The van der Waals surface area contributed by atoms with E-state index in [0.717, 1.165) is 29.0 Å². The molecule has 1 N–H and O–H groups in total. The maximum Gasteiger partial charge on any atom is 0.268 e. The fourth-order valence-corrected chi connectivity index (χ4v) is 3.76. The average Bonchev–Trinajstić information content (AvgIpc) is 3.29. The highest BCUT2D eigenvalue weighted by Crippen LogP contribution is 2.18. The molecule has 142 valence electrons. The molecule has 28 heavy (non-hydrogen) atoms. The van der Waals surface area contributed by atoms with Gasteiger partial charge in [0.15, 0.2) is 0 Å². The average molecular weight is 413 g/mol. The third kappa shape index (κ3) is 4.33. The molecular weight excluding hydrogens is 398 g/mol. The maximum absolute atomic E-state index is 12.4. The van der Waals surface area contributed by atoms with Crippen LogP contribution in [0.25, 0.3) is 11.8 Å². The van der Waals surface area contributed by atoms with E-state index in [0.29, 0.717) is 5.69 Å². The Kier molecular flexibility index (Phi) is 5.39. The van der Waals surface area contributed by atoms with Crippen LogP contribution in [0.3, 0.4) is 0 Å². The van der Waals surface area contributed by atoms with Crippen LogP contribution in [0, 0.1) is 18.3 Å². The van der Waals surface area contributed by atoms with Crippen molar-refractivity contribution in [3.8, 4) is 11.8 Å². The number of sulfone groups is 1. The third-order valence-electron chi connectivity index (χ3n) is 3.71. The number of nitriles is 1.